The third-order valence-electron chi connectivity index (χ3n) is 4.31. The molecule has 1 aromatic carbocycles. The van der Waals surface area contributed by atoms with Crippen molar-refractivity contribution in [2.45, 2.75) is 13.8 Å². The average molecular weight is 340 g/mol. The van der Waals surface area contributed by atoms with Crippen molar-refractivity contribution in [2.75, 3.05) is 48.8 Å². The zero-order valence-electron chi connectivity index (χ0n) is 14.9. The third-order valence-corrected chi connectivity index (χ3v) is 4.31. The molecule has 2 heterocycles. The highest BCUT2D eigenvalue weighted by atomic mass is 16.2. The maximum absolute atomic E-state index is 12.1. The highest BCUT2D eigenvalue weighted by molar-refractivity contribution is 6.00. The van der Waals surface area contributed by atoms with Crippen LogP contribution >= 0.6 is 0 Å². The van der Waals surface area contributed by atoms with Gasteiger partial charge in [0.1, 0.15) is 0 Å². The van der Waals surface area contributed by atoms with Gasteiger partial charge in [-0.05, 0) is 32.5 Å². The summed E-state index contributed by atoms with van der Waals surface area (Å²) >= 11 is 0. The van der Waals surface area contributed by atoms with E-state index in [2.05, 4.69) is 37.4 Å². The van der Waals surface area contributed by atoms with Crippen LogP contribution in [-0.2, 0) is 0 Å². The molecule has 25 heavy (non-hydrogen) atoms. The number of urea groups is 1. The van der Waals surface area contributed by atoms with E-state index in [1.807, 2.05) is 32.0 Å². The Morgan fingerprint density at radius 3 is 2.36 bits per heavy atom. The second-order valence-electron chi connectivity index (χ2n) is 6.46. The molecule has 1 saturated heterocycles. The Bertz CT molecular complexity index is 738. The molecule has 2 N–H and O–H groups in total. The standard InChI is InChI=1S/C18H24N6O/c1-13-4-5-16(14(2)10-13)22-18(25)21-15-11-19-17(20-12-15)24-8-6-23(3)7-9-24/h4-5,10-12H,6-9H2,1-3H3,(H2,21,22,25). The number of aryl methyl sites for hydroxylation is 2. The minimum absolute atomic E-state index is 0.303. The summed E-state index contributed by atoms with van der Waals surface area (Å²) in [6, 6.07) is 5.60. The van der Waals surface area contributed by atoms with Crippen LogP contribution in [0.5, 0.6) is 0 Å². The molecule has 0 saturated carbocycles. The number of aromatic nitrogens is 2. The van der Waals surface area contributed by atoms with E-state index >= 15 is 0 Å². The smallest absolute Gasteiger partial charge is 0.323 e. The van der Waals surface area contributed by atoms with E-state index in [-0.39, 0.29) is 6.03 Å². The van der Waals surface area contributed by atoms with Crippen LogP contribution in [0.2, 0.25) is 0 Å². The zero-order valence-corrected chi connectivity index (χ0v) is 14.9. The number of benzene rings is 1. The molecule has 132 valence electrons. The lowest BCUT2D eigenvalue weighted by Crippen LogP contribution is -2.45. The van der Waals surface area contributed by atoms with Crippen molar-refractivity contribution in [1.82, 2.24) is 14.9 Å². The van der Waals surface area contributed by atoms with Gasteiger partial charge in [-0.2, -0.15) is 0 Å². The van der Waals surface area contributed by atoms with Gasteiger partial charge in [0.15, 0.2) is 0 Å². The number of rotatable bonds is 3. The van der Waals surface area contributed by atoms with Crippen LogP contribution in [0.15, 0.2) is 30.6 Å². The first-order valence-corrected chi connectivity index (χ1v) is 8.42. The van der Waals surface area contributed by atoms with Crippen molar-refractivity contribution in [1.29, 1.82) is 0 Å². The summed E-state index contributed by atoms with van der Waals surface area (Å²) in [5.41, 5.74) is 3.55. The molecule has 0 unspecified atom stereocenters. The first-order chi connectivity index (χ1) is 12.0. The van der Waals surface area contributed by atoms with E-state index in [9.17, 15) is 4.79 Å². The van der Waals surface area contributed by atoms with Crippen molar-refractivity contribution in [3.63, 3.8) is 0 Å². The lowest BCUT2D eigenvalue weighted by molar-refractivity contribution is 0.262. The summed E-state index contributed by atoms with van der Waals surface area (Å²) in [6.45, 7) is 7.82. The Morgan fingerprint density at radius 2 is 1.72 bits per heavy atom. The Morgan fingerprint density at radius 1 is 1.04 bits per heavy atom. The second kappa shape index (κ2) is 7.48. The zero-order chi connectivity index (χ0) is 17.8. The van der Waals surface area contributed by atoms with Crippen molar-refractivity contribution >= 4 is 23.4 Å². The number of carbonyl (C=O) groups is 1. The summed E-state index contributed by atoms with van der Waals surface area (Å²) < 4.78 is 0. The number of nitrogens with one attached hydrogen (secondary N) is 2. The SMILES string of the molecule is Cc1ccc(NC(=O)Nc2cnc(N3CCN(C)CC3)nc2)c(C)c1. The molecule has 1 fully saturated rings. The largest absolute Gasteiger partial charge is 0.338 e. The lowest BCUT2D eigenvalue weighted by atomic mass is 10.1. The minimum Gasteiger partial charge on any atom is -0.338 e. The van der Waals surface area contributed by atoms with Crippen molar-refractivity contribution in [3.8, 4) is 0 Å². The number of anilines is 3. The quantitative estimate of drug-likeness (QED) is 0.898. The number of likely N-dealkylation sites (N-methyl/N-ethyl adjacent to an activating group) is 1. The fourth-order valence-corrected chi connectivity index (χ4v) is 2.79. The molecule has 2 amide bonds. The predicted octanol–water partition coefficient (Wildman–Crippen LogP) is 2.49. The molecule has 0 radical (unpaired) electrons. The first kappa shape index (κ1) is 17.2. The highest BCUT2D eigenvalue weighted by Gasteiger charge is 2.16. The molecular formula is C18H24N6O. The summed E-state index contributed by atoms with van der Waals surface area (Å²) in [5, 5.41) is 5.61. The van der Waals surface area contributed by atoms with E-state index < -0.39 is 0 Å². The van der Waals surface area contributed by atoms with Crippen molar-refractivity contribution < 1.29 is 4.79 Å². The predicted molar refractivity (Wildman–Crippen MR) is 100 cm³/mol. The van der Waals surface area contributed by atoms with Gasteiger partial charge in [0.2, 0.25) is 5.95 Å². The Kier molecular flexibility index (Phi) is 5.14. The van der Waals surface area contributed by atoms with E-state index in [0.717, 1.165) is 43.0 Å². The highest BCUT2D eigenvalue weighted by Crippen LogP contribution is 2.17. The molecule has 0 atom stereocenters. The van der Waals surface area contributed by atoms with Crippen LogP contribution in [0.25, 0.3) is 0 Å². The van der Waals surface area contributed by atoms with Crippen LogP contribution in [0.4, 0.5) is 22.1 Å². The topological polar surface area (TPSA) is 73.4 Å². The van der Waals surface area contributed by atoms with Crippen molar-refractivity contribution in [3.05, 3.63) is 41.7 Å². The molecule has 2 aromatic rings. The van der Waals surface area contributed by atoms with Gasteiger partial charge >= 0.3 is 6.03 Å². The maximum atomic E-state index is 12.1. The molecule has 1 aromatic heterocycles. The van der Waals surface area contributed by atoms with Crippen LogP contribution in [-0.4, -0.2) is 54.1 Å². The Balaban J connectivity index is 1.58. The van der Waals surface area contributed by atoms with Gasteiger partial charge in [-0.3, -0.25) is 0 Å². The Hall–Kier alpha value is -2.67. The van der Waals surface area contributed by atoms with Crippen LogP contribution in [0.1, 0.15) is 11.1 Å². The van der Waals surface area contributed by atoms with Crippen LogP contribution in [0.3, 0.4) is 0 Å². The first-order valence-electron chi connectivity index (χ1n) is 8.42. The molecule has 0 aliphatic carbocycles. The lowest BCUT2D eigenvalue weighted by Gasteiger charge is -2.32. The molecule has 1 aliphatic heterocycles. The number of hydrogen-bond acceptors (Lipinski definition) is 5. The third kappa shape index (κ3) is 4.45. The maximum Gasteiger partial charge on any atom is 0.323 e. The Labute approximate surface area is 148 Å². The number of carbonyl (C=O) groups excluding carboxylic acids is 1. The van der Waals surface area contributed by atoms with Crippen LogP contribution in [0, 0.1) is 13.8 Å². The molecule has 7 nitrogen and oxygen atoms in total. The number of piperazine rings is 1. The van der Waals surface area contributed by atoms with Gasteiger partial charge in [0.25, 0.3) is 0 Å². The number of hydrogen-bond donors (Lipinski definition) is 2. The monoisotopic (exact) mass is 340 g/mol. The summed E-state index contributed by atoms with van der Waals surface area (Å²) in [6.07, 6.45) is 3.28. The number of amides is 2. The van der Waals surface area contributed by atoms with E-state index in [1.165, 1.54) is 0 Å². The molecule has 1 aliphatic rings. The molecule has 7 heteroatoms. The van der Waals surface area contributed by atoms with Gasteiger partial charge in [-0.25, -0.2) is 14.8 Å². The van der Waals surface area contributed by atoms with Gasteiger partial charge in [0.05, 0.1) is 18.1 Å². The molecule has 0 bridgehead atoms. The fraction of sp³-hybridized carbons (Fsp3) is 0.389. The summed E-state index contributed by atoms with van der Waals surface area (Å²) in [4.78, 5) is 25.3. The molecule has 3 rings (SSSR count). The minimum atomic E-state index is -0.303. The summed E-state index contributed by atoms with van der Waals surface area (Å²) in [5.74, 6) is 0.702. The van der Waals surface area contributed by atoms with Gasteiger partial charge in [-0.1, -0.05) is 17.7 Å². The number of nitrogens with zero attached hydrogens (tertiary/aromatic N) is 4. The van der Waals surface area contributed by atoms with Gasteiger partial charge < -0.3 is 20.4 Å². The fourth-order valence-electron chi connectivity index (χ4n) is 2.79. The van der Waals surface area contributed by atoms with E-state index in [1.54, 1.807) is 12.4 Å². The summed E-state index contributed by atoms with van der Waals surface area (Å²) in [7, 11) is 2.11. The van der Waals surface area contributed by atoms with E-state index in [0.29, 0.717) is 11.6 Å². The van der Waals surface area contributed by atoms with Gasteiger partial charge in [0, 0.05) is 31.9 Å². The van der Waals surface area contributed by atoms with Crippen molar-refractivity contribution in [2.24, 2.45) is 0 Å². The normalized spacial score (nSPS) is 15.1. The average Bonchev–Trinajstić information content (AvgIpc) is 2.59. The molecular weight excluding hydrogens is 316 g/mol. The van der Waals surface area contributed by atoms with Crippen LogP contribution < -0.4 is 15.5 Å². The van der Waals surface area contributed by atoms with E-state index in [4.69, 9.17) is 0 Å². The molecule has 0 spiro atoms. The van der Waals surface area contributed by atoms with Gasteiger partial charge in [-0.15, -0.1) is 0 Å². The second-order valence-corrected chi connectivity index (χ2v) is 6.46.